The summed E-state index contributed by atoms with van der Waals surface area (Å²) in [5, 5.41) is 2.99. The zero-order valence-electron chi connectivity index (χ0n) is 12.3. The molecule has 0 aromatic carbocycles. The molecule has 21 heavy (non-hydrogen) atoms. The highest BCUT2D eigenvalue weighted by atomic mass is 16.2. The second-order valence-corrected chi connectivity index (χ2v) is 5.24. The van der Waals surface area contributed by atoms with Gasteiger partial charge in [-0.2, -0.15) is 0 Å². The van der Waals surface area contributed by atoms with Crippen LogP contribution in [0.2, 0.25) is 0 Å². The van der Waals surface area contributed by atoms with E-state index in [0.717, 1.165) is 30.9 Å². The number of nitrogens with one attached hydrogen (secondary N) is 1. The van der Waals surface area contributed by atoms with Gasteiger partial charge in [-0.25, -0.2) is 4.98 Å². The first-order valence-electron chi connectivity index (χ1n) is 7.12. The summed E-state index contributed by atoms with van der Waals surface area (Å²) in [5.74, 6) is 0.785. The van der Waals surface area contributed by atoms with Crippen LogP contribution in [0.25, 0.3) is 0 Å². The van der Waals surface area contributed by atoms with Gasteiger partial charge in [0.2, 0.25) is 0 Å². The minimum atomic E-state index is 0.00759. The lowest BCUT2D eigenvalue weighted by Crippen LogP contribution is -2.32. The standard InChI is InChI=1S/C15H19N5O/c1-16-14-10-17-9-11(18-14)12-5-4-8-20(12)15(21)13-6-3-7-19(13)2/h3,6-7,9-10,12H,4-5,8H2,1-2H3,(H,16,18)/t12-/m1/s1. The lowest BCUT2D eigenvalue weighted by Gasteiger charge is -2.24. The minimum absolute atomic E-state index is 0.00759. The van der Waals surface area contributed by atoms with Gasteiger partial charge >= 0.3 is 0 Å². The Morgan fingerprint density at radius 3 is 3.00 bits per heavy atom. The summed E-state index contributed by atoms with van der Waals surface area (Å²) >= 11 is 0. The fraction of sp³-hybridized carbons (Fsp3) is 0.400. The van der Waals surface area contributed by atoms with Crippen LogP contribution in [0.4, 0.5) is 5.82 Å². The molecule has 6 nitrogen and oxygen atoms in total. The Morgan fingerprint density at radius 2 is 2.29 bits per heavy atom. The van der Waals surface area contributed by atoms with Crippen LogP contribution in [0.1, 0.15) is 35.1 Å². The van der Waals surface area contributed by atoms with E-state index in [9.17, 15) is 4.79 Å². The number of aromatic nitrogens is 3. The van der Waals surface area contributed by atoms with E-state index in [1.54, 1.807) is 12.4 Å². The van der Waals surface area contributed by atoms with Gasteiger partial charge in [0.05, 0.1) is 24.1 Å². The largest absolute Gasteiger partial charge is 0.372 e. The molecule has 0 bridgehead atoms. The lowest BCUT2D eigenvalue weighted by atomic mass is 10.1. The number of hydrogen-bond donors (Lipinski definition) is 1. The van der Waals surface area contributed by atoms with E-state index < -0.39 is 0 Å². The topological polar surface area (TPSA) is 63.1 Å². The summed E-state index contributed by atoms with van der Waals surface area (Å²) in [4.78, 5) is 23.4. The first-order chi connectivity index (χ1) is 10.2. The molecule has 0 saturated carbocycles. The van der Waals surface area contributed by atoms with Crippen LogP contribution < -0.4 is 5.32 Å². The summed E-state index contributed by atoms with van der Waals surface area (Å²) in [6.45, 7) is 0.764. The average molecular weight is 285 g/mol. The molecule has 6 heteroatoms. The number of aryl methyl sites for hydroxylation is 1. The second kappa shape index (κ2) is 5.55. The predicted molar refractivity (Wildman–Crippen MR) is 80.0 cm³/mol. The maximum atomic E-state index is 12.7. The number of rotatable bonds is 3. The third-order valence-corrected chi connectivity index (χ3v) is 3.93. The number of amides is 1. The number of carbonyl (C=O) groups excluding carboxylic acids is 1. The van der Waals surface area contributed by atoms with Crippen LogP contribution in [-0.2, 0) is 7.05 Å². The van der Waals surface area contributed by atoms with Crippen molar-refractivity contribution in [2.45, 2.75) is 18.9 Å². The Kier molecular flexibility index (Phi) is 3.60. The van der Waals surface area contributed by atoms with Gasteiger partial charge in [-0.15, -0.1) is 0 Å². The molecule has 3 heterocycles. The molecule has 0 radical (unpaired) electrons. The Labute approximate surface area is 123 Å². The van der Waals surface area contributed by atoms with Gasteiger partial charge in [-0.1, -0.05) is 0 Å². The van der Waals surface area contributed by atoms with Crippen molar-refractivity contribution < 1.29 is 4.79 Å². The maximum Gasteiger partial charge on any atom is 0.271 e. The third-order valence-electron chi connectivity index (χ3n) is 3.93. The van der Waals surface area contributed by atoms with Crippen LogP contribution in [0.3, 0.4) is 0 Å². The highest BCUT2D eigenvalue weighted by molar-refractivity contribution is 5.93. The molecule has 2 aromatic heterocycles. The van der Waals surface area contributed by atoms with E-state index in [1.807, 2.05) is 41.9 Å². The number of likely N-dealkylation sites (tertiary alicyclic amines) is 1. The van der Waals surface area contributed by atoms with Gasteiger partial charge in [0.15, 0.2) is 0 Å². The first kappa shape index (κ1) is 13.6. The quantitative estimate of drug-likeness (QED) is 0.934. The van der Waals surface area contributed by atoms with E-state index in [2.05, 4.69) is 15.3 Å². The van der Waals surface area contributed by atoms with Crippen molar-refractivity contribution in [3.8, 4) is 0 Å². The molecule has 1 amide bonds. The number of anilines is 1. The number of hydrogen-bond acceptors (Lipinski definition) is 4. The van der Waals surface area contributed by atoms with Crippen molar-refractivity contribution in [3.63, 3.8) is 0 Å². The van der Waals surface area contributed by atoms with Gasteiger partial charge in [-0.3, -0.25) is 9.78 Å². The summed E-state index contributed by atoms with van der Waals surface area (Å²) < 4.78 is 1.85. The Balaban J connectivity index is 1.88. The Bertz CT molecular complexity index is 651. The molecule has 3 rings (SSSR count). The molecule has 1 saturated heterocycles. The smallest absolute Gasteiger partial charge is 0.271 e. The van der Waals surface area contributed by atoms with E-state index in [0.29, 0.717) is 5.69 Å². The van der Waals surface area contributed by atoms with Crippen LogP contribution in [-0.4, -0.2) is 38.9 Å². The molecular formula is C15H19N5O. The van der Waals surface area contributed by atoms with Crippen molar-refractivity contribution in [1.82, 2.24) is 19.4 Å². The molecule has 0 spiro atoms. The third kappa shape index (κ3) is 2.49. The predicted octanol–water partition coefficient (Wildman–Crippen LogP) is 1.83. The number of nitrogens with zero attached hydrogens (tertiary/aromatic N) is 4. The first-order valence-corrected chi connectivity index (χ1v) is 7.12. The SMILES string of the molecule is CNc1cncc([C@H]2CCCN2C(=O)c2cccn2C)n1. The summed E-state index contributed by atoms with van der Waals surface area (Å²) in [7, 11) is 3.70. The molecule has 1 N–H and O–H groups in total. The Morgan fingerprint density at radius 1 is 1.43 bits per heavy atom. The minimum Gasteiger partial charge on any atom is -0.372 e. The monoisotopic (exact) mass is 285 g/mol. The molecule has 110 valence electrons. The normalized spacial score (nSPS) is 18.0. The van der Waals surface area contributed by atoms with Crippen molar-refractivity contribution in [2.24, 2.45) is 7.05 Å². The van der Waals surface area contributed by atoms with Crippen molar-refractivity contribution >= 4 is 11.7 Å². The average Bonchev–Trinajstić information content (AvgIpc) is 3.15. The molecule has 1 aliphatic heterocycles. The highest BCUT2D eigenvalue weighted by Crippen LogP contribution is 2.32. The molecule has 0 unspecified atom stereocenters. The van der Waals surface area contributed by atoms with Crippen molar-refractivity contribution in [3.05, 3.63) is 42.1 Å². The van der Waals surface area contributed by atoms with Crippen molar-refractivity contribution in [1.29, 1.82) is 0 Å². The molecule has 0 aliphatic carbocycles. The van der Waals surface area contributed by atoms with Gasteiger partial charge in [0.1, 0.15) is 11.5 Å². The second-order valence-electron chi connectivity index (χ2n) is 5.24. The van der Waals surface area contributed by atoms with Gasteiger partial charge in [-0.05, 0) is 25.0 Å². The molecule has 1 aliphatic rings. The molecule has 1 atom stereocenters. The lowest BCUT2D eigenvalue weighted by molar-refractivity contribution is 0.0723. The van der Waals surface area contributed by atoms with Crippen molar-refractivity contribution in [2.75, 3.05) is 18.9 Å². The van der Waals surface area contributed by atoms with Gasteiger partial charge < -0.3 is 14.8 Å². The van der Waals surface area contributed by atoms with Crippen LogP contribution in [0, 0.1) is 0 Å². The fourth-order valence-corrected chi connectivity index (χ4v) is 2.81. The number of carbonyl (C=O) groups is 1. The zero-order valence-corrected chi connectivity index (χ0v) is 12.3. The van der Waals surface area contributed by atoms with Crippen LogP contribution in [0.15, 0.2) is 30.7 Å². The maximum absolute atomic E-state index is 12.7. The molecule has 1 fully saturated rings. The molecular weight excluding hydrogens is 266 g/mol. The van der Waals surface area contributed by atoms with Crippen LogP contribution in [0.5, 0.6) is 0 Å². The highest BCUT2D eigenvalue weighted by Gasteiger charge is 2.32. The van der Waals surface area contributed by atoms with E-state index in [4.69, 9.17) is 0 Å². The van der Waals surface area contributed by atoms with Gasteiger partial charge in [0, 0.05) is 26.8 Å². The molecule has 2 aromatic rings. The van der Waals surface area contributed by atoms with E-state index in [-0.39, 0.29) is 11.9 Å². The zero-order chi connectivity index (χ0) is 14.8. The summed E-state index contributed by atoms with van der Waals surface area (Å²) in [6, 6.07) is 3.75. The summed E-state index contributed by atoms with van der Waals surface area (Å²) in [5.41, 5.74) is 1.56. The van der Waals surface area contributed by atoms with E-state index in [1.165, 1.54) is 0 Å². The van der Waals surface area contributed by atoms with Crippen LogP contribution >= 0.6 is 0 Å². The Hall–Kier alpha value is -2.37. The van der Waals surface area contributed by atoms with Gasteiger partial charge in [0.25, 0.3) is 5.91 Å². The summed E-state index contributed by atoms with van der Waals surface area (Å²) in [6.07, 6.45) is 7.24. The fourth-order valence-electron chi connectivity index (χ4n) is 2.81. The van der Waals surface area contributed by atoms with E-state index >= 15 is 0 Å².